The van der Waals surface area contributed by atoms with Crippen LogP contribution in [0.1, 0.15) is 15.9 Å². The lowest BCUT2D eigenvalue weighted by Gasteiger charge is -1.95. The highest BCUT2D eigenvalue weighted by Gasteiger charge is 2.26. The Bertz CT molecular complexity index is 412. The maximum Gasteiger partial charge on any atom is 0.211 e. The van der Waals surface area contributed by atoms with Crippen LogP contribution in [0.15, 0.2) is 27.8 Å². The van der Waals surface area contributed by atoms with E-state index in [0.717, 1.165) is 10.0 Å². The first-order valence-corrected chi connectivity index (χ1v) is 4.55. The number of fused-ring (bicyclic) bond motifs is 1. The predicted molar refractivity (Wildman–Crippen MR) is 51.4 cm³/mol. The van der Waals surface area contributed by atoms with E-state index in [0.29, 0.717) is 12.0 Å². The van der Waals surface area contributed by atoms with Gasteiger partial charge in [-0.05, 0) is 17.7 Å². The minimum Gasteiger partial charge on any atom is -0.411 e. The van der Waals surface area contributed by atoms with Gasteiger partial charge in [-0.25, -0.2) is 0 Å². The predicted octanol–water partition coefficient (Wildman–Crippen LogP) is 2.02. The fourth-order valence-corrected chi connectivity index (χ4v) is 1.77. The molecule has 0 saturated carbocycles. The van der Waals surface area contributed by atoms with E-state index in [1.807, 2.05) is 12.1 Å². The lowest BCUT2D eigenvalue weighted by molar-refractivity contribution is 0.106. The van der Waals surface area contributed by atoms with Gasteiger partial charge in [-0.3, -0.25) is 4.79 Å². The Morgan fingerprint density at radius 3 is 2.92 bits per heavy atom. The number of ketones is 1. The number of Topliss-reactive ketones (excluding diaryl/α,β-unsaturated/α-hetero) is 1. The number of benzene rings is 1. The largest absolute Gasteiger partial charge is 0.411 e. The summed E-state index contributed by atoms with van der Waals surface area (Å²) in [6.07, 6.45) is 0.429. The van der Waals surface area contributed by atoms with Gasteiger partial charge in [0.25, 0.3) is 0 Å². The lowest BCUT2D eigenvalue weighted by atomic mass is 10.1. The molecule has 0 aromatic heterocycles. The van der Waals surface area contributed by atoms with Gasteiger partial charge in [0.05, 0.1) is 0 Å². The average molecular weight is 240 g/mol. The SMILES string of the molecule is O=C1/C(=N/O)Cc2ccc(Br)cc21. The van der Waals surface area contributed by atoms with E-state index in [2.05, 4.69) is 21.1 Å². The van der Waals surface area contributed by atoms with Gasteiger partial charge in [-0.15, -0.1) is 0 Å². The number of nitrogens with zero attached hydrogens (tertiary/aromatic N) is 1. The van der Waals surface area contributed by atoms with Gasteiger partial charge in [-0.2, -0.15) is 0 Å². The summed E-state index contributed by atoms with van der Waals surface area (Å²) in [6.45, 7) is 0. The molecule has 1 aliphatic carbocycles. The molecule has 0 fully saturated rings. The summed E-state index contributed by atoms with van der Waals surface area (Å²) in [6, 6.07) is 5.47. The molecule has 3 nitrogen and oxygen atoms in total. The summed E-state index contributed by atoms with van der Waals surface area (Å²) in [5, 5.41) is 11.5. The molecular formula is C9H6BrNO2. The molecule has 0 aliphatic heterocycles. The molecule has 1 aliphatic rings. The monoisotopic (exact) mass is 239 g/mol. The topological polar surface area (TPSA) is 49.7 Å². The van der Waals surface area contributed by atoms with E-state index < -0.39 is 0 Å². The van der Waals surface area contributed by atoms with Crippen molar-refractivity contribution >= 4 is 27.4 Å². The van der Waals surface area contributed by atoms with Crippen molar-refractivity contribution in [1.29, 1.82) is 0 Å². The van der Waals surface area contributed by atoms with Crippen molar-refractivity contribution in [3.63, 3.8) is 0 Å². The van der Waals surface area contributed by atoms with E-state index in [-0.39, 0.29) is 11.5 Å². The van der Waals surface area contributed by atoms with E-state index in [1.165, 1.54) is 0 Å². The number of oxime groups is 1. The first-order chi connectivity index (χ1) is 6.22. The van der Waals surface area contributed by atoms with Crippen molar-refractivity contribution in [3.05, 3.63) is 33.8 Å². The van der Waals surface area contributed by atoms with E-state index >= 15 is 0 Å². The Hall–Kier alpha value is -1.16. The van der Waals surface area contributed by atoms with Crippen molar-refractivity contribution in [2.75, 3.05) is 0 Å². The molecule has 0 radical (unpaired) electrons. The Kier molecular flexibility index (Phi) is 1.92. The summed E-state index contributed by atoms with van der Waals surface area (Å²) in [7, 11) is 0. The molecule has 0 atom stereocenters. The summed E-state index contributed by atoms with van der Waals surface area (Å²) < 4.78 is 0.860. The van der Waals surface area contributed by atoms with Crippen LogP contribution in [0.2, 0.25) is 0 Å². The molecule has 1 aromatic rings. The van der Waals surface area contributed by atoms with Crippen LogP contribution in [0, 0.1) is 0 Å². The Balaban J connectivity index is 2.57. The van der Waals surface area contributed by atoms with Crippen LogP contribution in [0.5, 0.6) is 0 Å². The fourth-order valence-electron chi connectivity index (χ4n) is 1.41. The molecule has 4 heteroatoms. The van der Waals surface area contributed by atoms with E-state index in [1.54, 1.807) is 6.07 Å². The van der Waals surface area contributed by atoms with Crippen molar-refractivity contribution in [1.82, 2.24) is 0 Å². The van der Waals surface area contributed by atoms with Crippen LogP contribution in [0.3, 0.4) is 0 Å². The third kappa shape index (κ3) is 1.27. The quantitative estimate of drug-likeness (QED) is 0.557. The maximum absolute atomic E-state index is 11.5. The highest BCUT2D eigenvalue weighted by atomic mass is 79.9. The van der Waals surface area contributed by atoms with Gasteiger partial charge in [0.2, 0.25) is 5.78 Å². The third-order valence-electron chi connectivity index (χ3n) is 2.06. The second-order valence-electron chi connectivity index (χ2n) is 2.85. The van der Waals surface area contributed by atoms with Crippen LogP contribution < -0.4 is 0 Å². The minimum absolute atomic E-state index is 0.182. The number of carbonyl (C=O) groups excluding carboxylic acids is 1. The van der Waals surface area contributed by atoms with Gasteiger partial charge in [0.1, 0.15) is 5.71 Å². The Morgan fingerprint density at radius 2 is 2.23 bits per heavy atom. The maximum atomic E-state index is 11.5. The first kappa shape index (κ1) is 8.44. The lowest BCUT2D eigenvalue weighted by Crippen LogP contribution is -2.06. The molecule has 1 N–H and O–H groups in total. The highest BCUT2D eigenvalue weighted by Crippen LogP contribution is 2.23. The van der Waals surface area contributed by atoms with Crippen LogP contribution >= 0.6 is 15.9 Å². The van der Waals surface area contributed by atoms with Crippen molar-refractivity contribution in [2.45, 2.75) is 6.42 Å². The van der Waals surface area contributed by atoms with Gasteiger partial charge in [-0.1, -0.05) is 27.2 Å². The van der Waals surface area contributed by atoms with Crippen molar-refractivity contribution in [3.8, 4) is 0 Å². The normalized spacial score (nSPS) is 17.9. The molecule has 0 amide bonds. The average Bonchev–Trinajstić information content (AvgIpc) is 2.44. The van der Waals surface area contributed by atoms with Gasteiger partial charge in [0.15, 0.2) is 0 Å². The minimum atomic E-state index is -0.182. The van der Waals surface area contributed by atoms with E-state index in [9.17, 15) is 4.79 Å². The second kappa shape index (κ2) is 2.96. The molecular weight excluding hydrogens is 234 g/mol. The number of hydrogen-bond acceptors (Lipinski definition) is 3. The second-order valence-corrected chi connectivity index (χ2v) is 3.77. The van der Waals surface area contributed by atoms with Crippen LogP contribution in [-0.2, 0) is 6.42 Å². The third-order valence-corrected chi connectivity index (χ3v) is 2.55. The van der Waals surface area contributed by atoms with E-state index in [4.69, 9.17) is 5.21 Å². The van der Waals surface area contributed by atoms with Crippen LogP contribution in [0.4, 0.5) is 0 Å². The number of halogens is 1. The summed E-state index contributed by atoms with van der Waals surface area (Å²) in [5.74, 6) is -0.182. The van der Waals surface area contributed by atoms with Crippen LogP contribution in [0.25, 0.3) is 0 Å². The first-order valence-electron chi connectivity index (χ1n) is 3.76. The molecule has 66 valence electrons. The molecule has 0 saturated heterocycles. The standard InChI is InChI=1S/C9H6BrNO2/c10-6-2-1-5-3-8(11-13)9(12)7(5)4-6/h1-2,4,13H,3H2/b11-8+. The van der Waals surface area contributed by atoms with Gasteiger partial charge >= 0.3 is 0 Å². The number of carbonyl (C=O) groups is 1. The summed E-state index contributed by atoms with van der Waals surface area (Å²) in [5.41, 5.74) is 1.76. The molecule has 0 unspecified atom stereocenters. The molecule has 0 bridgehead atoms. The molecule has 0 heterocycles. The fraction of sp³-hybridized carbons (Fsp3) is 0.111. The Morgan fingerprint density at radius 1 is 1.46 bits per heavy atom. The van der Waals surface area contributed by atoms with Gasteiger partial charge < -0.3 is 5.21 Å². The highest BCUT2D eigenvalue weighted by molar-refractivity contribution is 9.10. The number of rotatable bonds is 0. The summed E-state index contributed by atoms with van der Waals surface area (Å²) in [4.78, 5) is 11.5. The molecule has 2 rings (SSSR count). The Labute approximate surface area is 83.2 Å². The van der Waals surface area contributed by atoms with Crippen molar-refractivity contribution < 1.29 is 10.0 Å². The zero-order valence-corrected chi connectivity index (χ0v) is 8.21. The zero-order valence-electron chi connectivity index (χ0n) is 6.62. The van der Waals surface area contributed by atoms with Crippen LogP contribution in [-0.4, -0.2) is 16.7 Å². The molecule has 0 spiro atoms. The molecule has 1 aromatic carbocycles. The smallest absolute Gasteiger partial charge is 0.211 e. The van der Waals surface area contributed by atoms with Gasteiger partial charge in [0, 0.05) is 16.5 Å². The number of hydrogen-bond donors (Lipinski definition) is 1. The summed E-state index contributed by atoms with van der Waals surface area (Å²) >= 11 is 3.28. The molecule has 13 heavy (non-hydrogen) atoms. The van der Waals surface area contributed by atoms with Crippen molar-refractivity contribution in [2.24, 2.45) is 5.16 Å². The zero-order chi connectivity index (χ0) is 9.42.